The molecule has 0 amide bonds. The molecule has 0 aliphatic heterocycles. The zero-order valence-electron chi connectivity index (χ0n) is 14.5. The number of carboxylic acids is 2. The normalized spacial score (nSPS) is 10.2. The van der Waals surface area contributed by atoms with E-state index in [1.54, 1.807) is 24.3 Å². The molecule has 0 fully saturated rings. The molecule has 2 N–H and O–H groups in total. The lowest BCUT2D eigenvalue weighted by Crippen LogP contribution is -1.96. The molecule has 2 aromatic carbocycles. The van der Waals surface area contributed by atoms with Crippen LogP contribution in [0.15, 0.2) is 48.5 Å². The Bertz CT molecular complexity index is 606. The van der Waals surface area contributed by atoms with Gasteiger partial charge in [-0.25, -0.2) is 9.59 Å². The van der Waals surface area contributed by atoms with Gasteiger partial charge in [0.15, 0.2) is 0 Å². The fourth-order valence-electron chi connectivity index (χ4n) is 2.02. The Hall–Kier alpha value is -2.62. The van der Waals surface area contributed by atoms with Crippen LogP contribution in [0.3, 0.4) is 0 Å². The molecular formula is C20H24O4. The molecule has 0 aliphatic rings. The van der Waals surface area contributed by atoms with Crippen LogP contribution in [0.4, 0.5) is 0 Å². The Morgan fingerprint density at radius 1 is 0.625 bits per heavy atom. The smallest absolute Gasteiger partial charge is 0.335 e. The number of aromatic carboxylic acids is 2. The van der Waals surface area contributed by atoms with Crippen LogP contribution in [-0.2, 0) is 0 Å². The predicted octanol–water partition coefficient (Wildman–Crippen LogP) is 5.02. The van der Waals surface area contributed by atoms with Crippen LogP contribution in [0.1, 0.15) is 71.4 Å². The highest BCUT2D eigenvalue weighted by atomic mass is 16.4. The largest absolute Gasteiger partial charge is 0.478 e. The molecule has 0 unspecified atom stereocenters. The fraction of sp³-hybridized carbons (Fsp3) is 0.300. The van der Waals surface area contributed by atoms with E-state index in [2.05, 4.69) is 27.7 Å². The van der Waals surface area contributed by atoms with Gasteiger partial charge in [-0.15, -0.1) is 0 Å². The van der Waals surface area contributed by atoms with Crippen LogP contribution in [0.2, 0.25) is 0 Å². The van der Waals surface area contributed by atoms with Crippen molar-refractivity contribution in [3.63, 3.8) is 0 Å². The van der Waals surface area contributed by atoms with Gasteiger partial charge >= 0.3 is 11.9 Å². The van der Waals surface area contributed by atoms with E-state index in [4.69, 9.17) is 10.2 Å². The van der Waals surface area contributed by atoms with E-state index in [0.29, 0.717) is 23.0 Å². The molecule has 0 radical (unpaired) electrons. The molecule has 2 aromatic rings. The molecule has 24 heavy (non-hydrogen) atoms. The molecule has 0 aliphatic carbocycles. The van der Waals surface area contributed by atoms with Gasteiger partial charge in [0, 0.05) is 0 Å². The Kier molecular flexibility index (Phi) is 7.18. The van der Waals surface area contributed by atoms with E-state index >= 15 is 0 Å². The third-order valence-electron chi connectivity index (χ3n) is 3.65. The summed E-state index contributed by atoms with van der Waals surface area (Å²) in [5, 5.41) is 17.2. The molecule has 0 aromatic heterocycles. The van der Waals surface area contributed by atoms with Crippen molar-refractivity contribution in [2.45, 2.75) is 39.5 Å². The van der Waals surface area contributed by atoms with Gasteiger partial charge in [-0.2, -0.15) is 0 Å². The lowest BCUT2D eigenvalue weighted by Gasteiger charge is -2.04. The lowest BCUT2D eigenvalue weighted by molar-refractivity contribution is 0.0686. The van der Waals surface area contributed by atoms with Gasteiger partial charge in [-0.05, 0) is 47.2 Å². The minimum absolute atomic E-state index is 0.347. The van der Waals surface area contributed by atoms with E-state index in [1.165, 1.54) is 11.1 Å². The van der Waals surface area contributed by atoms with Crippen LogP contribution >= 0.6 is 0 Å². The summed E-state index contributed by atoms with van der Waals surface area (Å²) in [6, 6.07) is 14.0. The van der Waals surface area contributed by atoms with Crippen LogP contribution in [0.25, 0.3) is 0 Å². The summed E-state index contributed by atoms with van der Waals surface area (Å²) in [6.45, 7) is 8.32. The number of rotatable bonds is 4. The number of carboxylic acid groups (broad SMARTS) is 2. The van der Waals surface area contributed by atoms with E-state index in [9.17, 15) is 9.59 Å². The predicted molar refractivity (Wildman–Crippen MR) is 95.0 cm³/mol. The molecule has 2 rings (SSSR count). The van der Waals surface area contributed by atoms with Crippen LogP contribution in [-0.4, -0.2) is 22.2 Å². The van der Waals surface area contributed by atoms with Crippen molar-refractivity contribution in [2.24, 2.45) is 0 Å². The Morgan fingerprint density at radius 2 is 0.875 bits per heavy atom. The lowest BCUT2D eigenvalue weighted by atomic mass is 10.0. The van der Waals surface area contributed by atoms with Crippen LogP contribution in [0, 0.1) is 0 Å². The number of hydrogen-bond donors (Lipinski definition) is 2. The summed E-state index contributed by atoms with van der Waals surface area (Å²) in [5.74, 6) is -0.837. The van der Waals surface area contributed by atoms with Crippen molar-refractivity contribution >= 4 is 11.9 Å². The third kappa shape index (κ3) is 5.88. The summed E-state index contributed by atoms with van der Waals surface area (Å²) in [7, 11) is 0. The summed E-state index contributed by atoms with van der Waals surface area (Å²) < 4.78 is 0. The Balaban J connectivity index is 0.000000240. The molecule has 0 spiro atoms. The standard InChI is InChI=1S/2C10H12O2/c2*1-7(2)8-3-5-9(6-4-8)10(11)12/h2*3-7H,1-2H3,(H,11,12). The topological polar surface area (TPSA) is 74.6 Å². The minimum atomic E-state index is -0.870. The van der Waals surface area contributed by atoms with Crippen molar-refractivity contribution in [2.75, 3.05) is 0 Å². The van der Waals surface area contributed by atoms with Gasteiger partial charge in [0.1, 0.15) is 0 Å². The number of benzene rings is 2. The van der Waals surface area contributed by atoms with Crippen LogP contribution < -0.4 is 0 Å². The number of carbonyl (C=O) groups is 2. The molecule has 0 bridgehead atoms. The van der Waals surface area contributed by atoms with Gasteiger partial charge in [-0.3, -0.25) is 0 Å². The molecule has 4 nitrogen and oxygen atoms in total. The maximum atomic E-state index is 10.5. The zero-order valence-corrected chi connectivity index (χ0v) is 14.5. The second-order valence-electron chi connectivity index (χ2n) is 6.16. The van der Waals surface area contributed by atoms with E-state index in [0.717, 1.165) is 0 Å². The zero-order chi connectivity index (χ0) is 18.3. The maximum Gasteiger partial charge on any atom is 0.335 e. The highest BCUT2D eigenvalue weighted by Gasteiger charge is 2.03. The Labute approximate surface area is 142 Å². The van der Waals surface area contributed by atoms with Crippen molar-refractivity contribution in [3.05, 3.63) is 70.8 Å². The molecule has 0 saturated carbocycles. The highest BCUT2D eigenvalue weighted by Crippen LogP contribution is 2.15. The highest BCUT2D eigenvalue weighted by molar-refractivity contribution is 5.87. The SMILES string of the molecule is CC(C)c1ccc(C(=O)O)cc1.CC(C)c1ccc(C(=O)O)cc1. The van der Waals surface area contributed by atoms with Crippen molar-refractivity contribution in [1.82, 2.24) is 0 Å². The average molecular weight is 328 g/mol. The van der Waals surface area contributed by atoms with Gasteiger partial charge in [0.05, 0.1) is 11.1 Å². The maximum absolute atomic E-state index is 10.5. The summed E-state index contributed by atoms with van der Waals surface area (Å²) in [6.07, 6.45) is 0. The van der Waals surface area contributed by atoms with Gasteiger partial charge < -0.3 is 10.2 Å². The quantitative estimate of drug-likeness (QED) is 0.826. The van der Waals surface area contributed by atoms with Crippen molar-refractivity contribution in [3.8, 4) is 0 Å². The van der Waals surface area contributed by atoms with Gasteiger partial charge in [0.25, 0.3) is 0 Å². The van der Waals surface area contributed by atoms with Gasteiger partial charge in [-0.1, -0.05) is 52.0 Å². The fourth-order valence-corrected chi connectivity index (χ4v) is 2.02. The molecule has 0 saturated heterocycles. The number of hydrogen-bond acceptors (Lipinski definition) is 2. The summed E-state index contributed by atoms with van der Waals surface area (Å²) in [5.41, 5.74) is 3.03. The molecular weight excluding hydrogens is 304 g/mol. The average Bonchev–Trinajstić information content (AvgIpc) is 2.55. The summed E-state index contributed by atoms with van der Waals surface area (Å²) >= 11 is 0. The minimum Gasteiger partial charge on any atom is -0.478 e. The molecule has 128 valence electrons. The molecule has 0 heterocycles. The van der Waals surface area contributed by atoms with E-state index < -0.39 is 11.9 Å². The first kappa shape index (κ1) is 19.4. The third-order valence-corrected chi connectivity index (χ3v) is 3.65. The van der Waals surface area contributed by atoms with E-state index in [-0.39, 0.29) is 0 Å². The van der Waals surface area contributed by atoms with Crippen molar-refractivity contribution < 1.29 is 19.8 Å². The Morgan fingerprint density at radius 3 is 1.04 bits per heavy atom. The first-order chi connectivity index (χ1) is 11.2. The second kappa shape index (κ2) is 8.87. The molecule has 0 atom stereocenters. The molecule has 4 heteroatoms. The summed E-state index contributed by atoms with van der Waals surface area (Å²) in [4.78, 5) is 21.0. The van der Waals surface area contributed by atoms with Crippen molar-refractivity contribution in [1.29, 1.82) is 0 Å². The van der Waals surface area contributed by atoms with Crippen LogP contribution in [0.5, 0.6) is 0 Å². The monoisotopic (exact) mass is 328 g/mol. The second-order valence-corrected chi connectivity index (χ2v) is 6.16. The first-order valence-electron chi connectivity index (χ1n) is 7.88. The van der Waals surface area contributed by atoms with E-state index in [1.807, 2.05) is 24.3 Å². The van der Waals surface area contributed by atoms with Gasteiger partial charge in [0.2, 0.25) is 0 Å². The first-order valence-corrected chi connectivity index (χ1v) is 7.88.